The van der Waals surface area contributed by atoms with E-state index in [1.807, 2.05) is 6.07 Å². The Bertz CT molecular complexity index is 1160. The Labute approximate surface area is 180 Å². The monoisotopic (exact) mass is 426 g/mol. The van der Waals surface area contributed by atoms with Crippen LogP contribution in [-0.4, -0.2) is 14.5 Å². The molecule has 4 rings (SSSR count). The molecule has 0 unspecified atom stereocenters. The largest absolute Gasteiger partial charge is 0.383 e. The quantitative estimate of drug-likeness (QED) is 0.596. The predicted molar refractivity (Wildman–Crippen MR) is 119 cm³/mol. The van der Waals surface area contributed by atoms with Gasteiger partial charge in [0.25, 0.3) is 5.56 Å². The molecule has 0 bridgehead atoms. The summed E-state index contributed by atoms with van der Waals surface area (Å²) in [6.45, 7) is 3.36. The number of nitrogens with zero attached hydrogens (tertiary/aromatic N) is 3. The highest BCUT2D eigenvalue weighted by Crippen LogP contribution is 2.31. The first-order chi connectivity index (χ1) is 14.7. The summed E-state index contributed by atoms with van der Waals surface area (Å²) in [5.74, 6) is 0.0816. The van der Waals surface area contributed by atoms with Crippen molar-refractivity contribution in [1.82, 2.24) is 14.5 Å². The molecule has 2 aromatic heterocycles. The molecule has 1 aromatic carbocycles. The summed E-state index contributed by atoms with van der Waals surface area (Å²) in [5, 5.41) is 0.925. The maximum Gasteiger partial charge on any atom is 0.258 e. The van der Waals surface area contributed by atoms with Crippen LogP contribution in [0.5, 0.6) is 0 Å². The number of pyridine rings is 1. The lowest BCUT2D eigenvalue weighted by Gasteiger charge is -2.21. The molecule has 5 nitrogen and oxygen atoms in total. The van der Waals surface area contributed by atoms with Crippen molar-refractivity contribution in [1.29, 1.82) is 0 Å². The van der Waals surface area contributed by atoms with Gasteiger partial charge in [0.2, 0.25) is 0 Å². The number of hydrogen-bond donors (Lipinski definition) is 1. The molecule has 0 spiro atoms. The third kappa shape index (κ3) is 4.45. The van der Waals surface area contributed by atoms with E-state index in [0.717, 1.165) is 6.42 Å². The van der Waals surface area contributed by atoms with Gasteiger partial charge in [-0.05, 0) is 49.8 Å². The van der Waals surface area contributed by atoms with Crippen molar-refractivity contribution in [2.75, 3.05) is 5.73 Å². The normalized spacial score (nSPS) is 15.5. The fraction of sp³-hybridized carbons (Fsp3) is 0.458. The smallest absolute Gasteiger partial charge is 0.258 e. The molecule has 0 saturated heterocycles. The number of hydrogen-bond acceptors (Lipinski definition) is 4. The average molecular weight is 427 g/mol. The van der Waals surface area contributed by atoms with Crippen LogP contribution in [0.1, 0.15) is 57.9 Å². The molecule has 0 radical (unpaired) electrons. The zero-order chi connectivity index (χ0) is 22.2. The summed E-state index contributed by atoms with van der Waals surface area (Å²) >= 11 is 0. The molecule has 1 aliphatic rings. The molecule has 0 amide bonds. The Morgan fingerprint density at radius 3 is 2.65 bits per heavy atom. The van der Waals surface area contributed by atoms with Crippen LogP contribution in [0.4, 0.5) is 14.6 Å². The topological polar surface area (TPSA) is 73.8 Å². The van der Waals surface area contributed by atoms with Gasteiger partial charge in [-0.25, -0.2) is 18.7 Å². The summed E-state index contributed by atoms with van der Waals surface area (Å²) in [5.41, 5.74) is 4.26. The van der Waals surface area contributed by atoms with Gasteiger partial charge in [0.15, 0.2) is 5.82 Å². The van der Waals surface area contributed by atoms with Gasteiger partial charge in [0, 0.05) is 24.5 Å². The maximum absolute atomic E-state index is 14.9. The number of anilines is 1. The third-order valence-corrected chi connectivity index (χ3v) is 6.27. The van der Waals surface area contributed by atoms with Gasteiger partial charge in [-0.2, -0.15) is 0 Å². The minimum atomic E-state index is -1.70. The fourth-order valence-corrected chi connectivity index (χ4v) is 4.43. The standard InChI is InChI=1S/C24H28F2N4O/c1-24(2,26)19-14-28-22(29-21(19)27)18-12-16-9-11-30(23(31)17(16)13-20(18)25)10-8-15-6-4-3-5-7-15/h9,11-15H,3-8,10H2,1-2H3,(H2,27,28,29). The second-order valence-corrected chi connectivity index (χ2v) is 8.99. The van der Waals surface area contributed by atoms with Crippen molar-refractivity contribution in [3.63, 3.8) is 0 Å². The number of benzene rings is 1. The first-order valence-corrected chi connectivity index (χ1v) is 10.9. The number of alkyl halides is 1. The van der Waals surface area contributed by atoms with Gasteiger partial charge < -0.3 is 10.3 Å². The zero-order valence-electron chi connectivity index (χ0n) is 18.0. The molecule has 31 heavy (non-hydrogen) atoms. The summed E-state index contributed by atoms with van der Waals surface area (Å²) in [7, 11) is 0. The number of aromatic nitrogens is 3. The predicted octanol–water partition coefficient (Wildman–Crippen LogP) is 5.35. The Kier molecular flexibility index (Phi) is 5.77. The summed E-state index contributed by atoms with van der Waals surface area (Å²) in [4.78, 5) is 21.1. The van der Waals surface area contributed by atoms with Crippen molar-refractivity contribution in [2.24, 2.45) is 5.92 Å². The summed E-state index contributed by atoms with van der Waals surface area (Å²) < 4.78 is 30.8. The Morgan fingerprint density at radius 2 is 1.97 bits per heavy atom. The fourth-order valence-electron chi connectivity index (χ4n) is 4.43. The number of rotatable bonds is 5. The van der Waals surface area contributed by atoms with Crippen LogP contribution in [0, 0.1) is 11.7 Å². The van der Waals surface area contributed by atoms with E-state index < -0.39 is 11.5 Å². The van der Waals surface area contributed by atoms with Gasteiger partial charge >= 0.3 is 0 Å². The summed E-state index contributed by atoms with van der Waals surface area (Å²) in [6.07, 6.45) is 10.3. The highest BCUT2D eigenvalue weighted by molar-refractivity contribution is 5.86. The van der Waals surface area contributed by atoms with Gasteiger partial charge in [-0.15, -0.1) is 0 Å². The van der Waals surface area contributed by atoms with E-state index >= 15 is 0 Å². The van der Waals surface area contributed by atoms with E-state index in [0.29, 0.717) is 23.2 Å². The molecule has 0 aliphatic heterocycles. The molecule has 7 heteroatoms. The van der Waals surface area contributed by atoms with Crippen molar-refractivity contribution < 1.29 is 8.78 Å². The Morgan fingerprint density at radius 1 is 1.23 bits per heavy atom. The number of fused-ring (bicyclic) bond motifs is 1. The van der Waals surface area contributed by atoms with Crippen molar-refractivity contribution in [3.05, 3.63) is 52.3 Å². The summed E-state index contributed by atoms with van der Waals surface area (Å²) in [6, 6.07) is 4.59. The highest BCUT2D eigenvalue weighted by atomic mass is 19.1. The minimum Gasteiger partial charge on any atom is -0.383 e. The maximum atomic E-state index is 14.9. The van der Waals surface area contributed by atoms with Crippen LogP contribution in [0.25, 0.3) is 22.2 Å². The molecule has 0 atom stereocenters. The average Bonchev–Trinajstić information content (AvgIpc) is 2.73. The van der Waals surface area contributed by atoms with E-state index in [-0.39, 0.29) is 28.3 Å². The molecule has 3 aromatic rings. The second-order valence-electron chi connectivity index (χ2n) is 8.99. The number of aryl methyl sites for hydroxylation is 1. The number of nitrogen functional groups attached to an aromatic ring is 1. The molecule has 1 aliphatic carbocycles. The Balaban J connectivity index is 1.65. The molecule has 2 heterocycles. The van der Waals surface area contributed by atoms with Crippen molar-refractivity contribution >= 4 is 16.6 Å². The second kappa shape index (κ2) is 8.36. The number of nitrogens with two attached hydrogens (primary N) is 1. The molecule has 1 saturated carbocycles. The van der Waals surface area contributed by atoms with Gasteiger partial charge in [-0.1, -0.05) is 32.1 Å². The SMILES string of the molecule is CC(C)(F)c1cnc(-c2cc3ccn(CCC4CCCCC4)c(=O)c3cc2F)nc1N. The first-order valence-electron chi connectivity index (χ1n) is 10.9. The molecule has 164 valence electrons. The lowest BCUT2D eigenvalue weighted by Crippen LogP contribution is -2.21. The van der Waals surface area contributed by atoms with Crippen LogP contribution in [0.2, 0.25) is 0 Å². The lowest BCUT2D eigenvalue weighted by atomic mass is 9.87. The first kappa shape index (κ1) is 21.4. The highest BCUT2D eigenvalue weighted by Gasteiger charge is 2.24. The lowest BCUT2D eigenvalue weighted by molar-refractivity contribution is 0.221. The Hall–Kier alpha value is -2.83. The van der Waals surface area contributed by atoms with Crippen molar-refractivity contribution in [2.45, 2.75) is 64.6 Å². The van der Waals surface area contributed by atoms with Crippen LogP contribution in [0.15, 0.2) is 35.4 Å². The van der Waals surface area contributed by atoms with Crippen LogP contribution in [-0.2, 0) is 12.2 Å². The van der Waals surface area contributed by atoms with E-state index in [1.54, 1.807) is 16.8 Å². The van der Waals surface area contributed by atoms with Gasteiger partial charge in [0.1, 0.15) is 17.3 Å². The van der Waals surface area contributed by atoms with Gasteiger partial charge in [-0.3, -0.25) is 4.79 Å². The third-order valence-electron chi connectivity index (χ3n) is 6.27. The van der Waals surface area contributed by atoms with E-state index in [1.165, 1.54) is 58.2 Å². The number of halogens is 2. The van der Waals surface area contributed by atoms with E-state index in [2.05, 4.69) is 9.97 Å². The van der Waals surface area contributed by atoms with Crippen molar-refractivity contribution in [3.8, 4) is 11.4 Å². The van der Waals surface area contributed by atoms with Crippen LogP contribution in [0.3, 0.4) is 0 Å². The molecule has 1 fully saturated rings. The van der Waals surface area contributed by atoms with E-state index in [9.17, 15) is 13.6 Å². The van der Waals surface area contributed by atoms with Crippen LogP contribution >= 0.6 is 0 Å². The van der Waals surface area contributed by atoms with Crippen LogP contribution < -0.4 is 11.3 Å². The zero-order valence-corrected chi connectivity index (χ0v) is 18.0. The molecular formula is C24H28F2N4O. The molecule has 2 N–H and O–H groups in total. The minimum absolute atomic E-state index is 0.0323. The van der Waals surface area contributed by atoms with Gasteiger partial charge in [0.05, 0.1) is 10.9 Å². The van der Waals surface area contributed by atoms with E-state index in [4.69, 9.17) is 5.73 Å². The molecular weight excluding hydrogens is 398 g/mol.